The van der Waals surface area contributed by atoms with Gasteiger partial charge in [0.05, 0.1) is 18.2 Å². The van der Waals surface area contributed by atoms with Crippen molar-refractivity contribution in [1.29, 1.82) is 0 Å². The third-order valence-electron chi connectivity index (χ3n) is 6.03. The first-order valence-electron chi connectivity index (χ1n) is 12.1. The normalized spacial score (nSPS) is 15.8. The second kappa shape index (κ2) is 12.0. The second-order valence-electron chi connectivity index (χ2n) is 9.31. The zero-order valence-electron chi connectivity index (χ0n) is 21.2. The van der Waals surface area contributed by atoms with Crippen LogP contribution >= 0.6 is 12.2 Å². The number of thiocarbonyl (C=S) groups is 1. The maximum Gasteiger partial charge on any atom is 0.338 e. The number of allylic oxidation sites excluding steroid dienone is 1. The summed E-state index contributed by atoms with van der Waals surface area (Å²) >= 11 is 5.49. The number of aryl methyl sites for hydroxylation is 1. The number of nitrogens with zero attached hydrogens (tertiary/aromatic N) is 1. The molecule has 6 nitrogen and oxygen atoms in total. The monoisotopic (exact) mass is 493 g/mol. The highest BCUT2D eigenvalue weighted by molar-refractivity contribution is 7.80. The minimum atomic E-state index is -0.479. The molecule has 0 spiro atoms. The second-order valence-corrected chi connectivity index (χ2v) is 9.70. The van der Waals surface area contributed by atoms with Gasteiger partial charge in [-0.2, -0.15) is 0 Å². The lowest BCUT2D eigenvalue weighted by molar-refractivity contribution is -0.140. The van der Waals surface area contributed by atoms with E-state index in [0.29, 0.717) is 28.5 Å². The van der Waals surface area contributed by atoms with Crippen LogP contribution in [0.4, 0.5) is 5.69 Å². The number of carbonyl (C=O) groups excluding carboxylic acids is 2. The van der Waals surface area contributed by atoms with Crippen molar-refractivity contribution in [3.05, 3.63) is 76.5 Å². The molecule has 7 heteroatoms. The van der Waals surface area contributed by atoms with Crippen LogP contribution in [-0.4, -0.2) is 35.5 Å². The Morgan fingerprint density at radius 1 is 1.17 bits per heavy atom. The smallest absolute Gasteiger partial charge is 0.338 e. The van der Waals surface area contributed by atoms with E-state index in [-0.39, 0.29) is 17.8 Å². The Morgan fingerprint density at radius 3 is 2.54 bits per heavy atom. The molecule has 0 fully saturated rings. The third-order valence-corrected chi connectivity index (χ3v) is 6.43. The first kappa shape index (κ1) is 26.4. The number of amides is 1. The summed E-state index contributed by atoms with van der Waals surface area (Å²) in [6, 6.07) is 14.7. The van der Waals surface area contributed by atoms with E-state index < -0.39 is 6.04 Å². The number of benzene rings is 2. The van der Waals surface area contributed by atoms with E-state index in [2.05, 4.69) is 17.6 Å². The van der Waals surface area contributed by atoms with Gasteiger partial charge >= 0.3 is 5.97 Å². The van der Waals surface area contributed by atoms with E-state index >= 15 is 0 Å². The molecule has 2 N–H and O–H groups in total. The molecule has 3 rings (SSSR count). The van der Waals surface area contributed by atoms with E-state index in [1.165, 1.54) is 5.56 Å². The van der Waals surface area contributed by atoms with Crippen molar-refractivity contribution in [2.75, 3.05) is 19.0 Å². The van der Waals surface area contributed by atoms with Gasteiger partial charge in [-0.05, 0) is 73.3 Å². The van der Waals surface area contributed by atoms with E-state index in [9.17, 15) is 9.59 Å². The lowest BCUT2D eigenvalue weighted by Crippen LogP contribution is -2.46. The van der Waals surface area contributed by atoms with Crippen LogP contribution in [0.2, 0.25) is 0 Å². The predicted molar refractivity (Wildman–Crippen MR) is 144 cm³/mol. The molecular formula is C28H35N3O3S. The van der Waals surface area contributed by atoms with E-state index in [1.54, 1.807) is 4.90 Å². The van der Waals surface area contributed by atoms with Crippen molar-refractivity contribution in [3.63, 3.8) is 0 Å². The molecule has 35 heavy (non-hydrogen) atoms. The molecule has 1 atom stereocenters. The quantitative estimate of drug-likeness (QED) is 0.349. The molecule has 1 aliphatic rings. The van der Waals surface area contributed by atoms with Gasteiger partial charge in [0.1, 0.15) is 0 Å². The van der Waals surface area contributed by atoms with Gasteiger partial charge in [-0.1, -0.05) is 51.5 Å². The SMILES string of the molecule is CCCCc1ccc(C(=O)Nc2cccc(C3NC(=S)N(C)C(C)=C3C(=O)OCC(C)C)c2)cc1. The lowest BCUT2D eigenvalue weighted by Gasteiger charge is -2.35. The summed E-state index contributed by atoms with van der Waals surface area (Å²) in [7, 11) is 1.82. The van der Waals surface area contributed by atoms with Crippen molar-refractivity contribution in [3.8, 4) is 0 Å². The van der Waals surface area contributed by atoms with Crippen LogP contribution in [0.5, 0.6) is 0 Å². The summed E-state index contributed by atoms with van der Waals surface area (Å²) in [5, 5.41) is 6.75. The van der Waals surface area contributed by atoms with Gasteiger partial charge in [0, 0.05) is 24.0 Å². The van der Waals surface area contributed by atoms with Gasteiger partial charge in [-0.25, -0.2) is 4.79 Å². The van der Waals surface area contributed by atoms with Crippen molar-refractivity contribution in [2.24, 2.45) is 5.92 Å². The van der Waals surface area contributed by atoms with Crippen molar-refractivity contribution >= 4 is 34.9 Å². The molecule has 0 aromatic heterocycles. The van der Waals surface area contributed by atoms with Crippen molar-refractivity contribution < 1.29 is 14.3 Å². The molecule has 186 valence electrons. The number of unbranched alkanes of at least 4 members (excludes halogenated alkanes) is 1. The molecule has 1 heterocycles. The molecule has 0 radical (unpaired) electrons. The fraction of sp³-hybridized carbons (Fsp3) is 0.393. The standard InChI is InChI=1S/C28H35N3O3S/c1-6-7-9-20-12-14-21(15-13-20)26(32)29-23-11-8-10-22(16-23)25-24(27(33)34-17-18(2)3)19(4)31(5)28(35)30-25/h8,10-16,18,25H,6-7,9,17H2,1-5H3,(H,29,32)(H,30,35). The molecule has 0 aliphatic carbocycles. The largest absolute Gasteiger partial charge is 0.462 e. The van der Waals surface area contributed by atoms with Crippen LogP contribution in [0.3, 0.4) is 0 Å². The Bertz CT molecular complexity index is 1110. The van der Waals surface area contributed by atoms with Crippen LogP contribution in [-0.2, 0) is 16.0 Å². The van der Waals surface area contributed by atoms with Crippen molar-refractivity contribution in [2.45, 2.75) is 53.0 Å². The predicted octanol–water partition coefficient (Wildman–Crippen LogP) is 5.62. The summed E-state index contributed by atoms with van der Waals surface area (Å²) in [5.41, 5.74) is 4.53. The maximum atomic E-state index is 13.0. The molecule has 2 aromatic rings. The van der Waals surface area contributed by atoms with Crippen LogP contribution in [0.1, 0.15) is 68.1 Å². The number of anilines is 1. The Kier molecular flexibility index (Phi) is 9.04. The first-order chi connectivity index (χ1) is 16.7. The van der Waals surface area contributed by atoms with Gasteiger partial charge in [-0.15, -0.1) is 0 Å². The molecule has 1 unspecified atom stereocenters. The Balaban J connectivity index is 1.82. The fourth-order valence-corrected chi connectivity index (χ4v) is 4.13. The number of esters is 1. The topological polar surface area (TPSA) is 70.7 Å². The summed E-state index contributed by atoms with van der Waals surface area (Å²) < 4.78 is 5.56. The molecule has 0 saturated carbocycles. The molecule has 1 amide bonds. The van der Waals surface area contributed by atoms with Crippen LogP contribution in [0.25, 0.3) is 0 Å². The lowest BCUT2D eigenvalue weighted by atomic mass is 9.94. The molecule has 1 aliphatic heterocycles. The minimum absolute atomic E-state index is 0.181. The van der Waals surface area contributed by atoms with Crippen LogP contribution < -0.4 is 10.6 Å². The average Bonchev–Trinajstić information content (AvgIpc) is 2.84. The van der Waals surface area contributed by atoms with Gasteiger partial charge in [0.15, 0.2) is 5.11 Å². The number of hydrogen-bond donors (Lipinski definition) is 2. The van der Waals surface area contributed by atoms with Gasteiger partial charge in [0.2, 0.25) is 0 Å². The number of nitrogens with one attached hydrogen (secondary N) is 2. The van der Waals surface area contributed by atoms with E-state index in [0.717, 1.165) is 30.5 Å². The Labute approximate surface area is 213 Å². The third kappa shape index (κ3) is 6.69. The molecule has 2 aromatic carbocycles. The van der Waals surface area contributed by atoms with Gasteiger partial charge in [0.25, 0.3) is 5.91 Å². The number of ether oxygens (including phenoxy) is 1. The van der Waals surface area contributed by atoms with E-state index in [4.69, 9.17) is 17.0 Å². The zero-order chi connectivity index (χ0) is 25.5. The van der Waals surface area contributed by atoms with Crippen LogP contribution in [0.15, 0.2) is 59.8 Å². The highest BCUT2D eigenvalue weighted by atomic mass is 32.1. The summed E-state index contributed by atoms with van der Waals surface area (Å²) in [6.45, 7) is 8.36. The molecule has 0 bridgehead atoms. The van der Waals surface area contributed by atoms with Crippen LogP contribution in [0, 0.1) is 5.92 Å². The number of hydrogen-bond acceptors (Lipinski definition) is 4. The van der Waals surface area contributed by atoms with Gasteiger partial charge < -0.3 is 20.3 Å². The summed E-state index contributed by atoms with van der Waals surface area (Å²) in [4.78, 5) is 27.7. The molecule has 0 saturated heterocycles. The maximum absolute atomic E-state index is 13.0. The first-order valence-corrected chi connectivity index (χ1v) is 12.5. The Hall–Kier alpha value is -3.19. The number of rotatable bonds is 9. The van der Waals surface area contributed by atoms with Crippen molar-refractivity contribution in [1.82, 2.24) is 10.2 Å². The highest BCUT2D eigenvalue weighted by Gasteiger charge is 2.33. The zero-order valence-corrected chi connectivity index (χ0v) is 22.0. The molecular weight excluding hydrogens is 458 g/mol. The summed E-state index contributed by atoms with van der Waals surface area (Å²) in [5.74, 6) is -0.326. The highest BCUT2D eigenvalue weighted by Crippen LogP contribution is 2.32. The fourth-order valence-electron chi connectivity index (χ4n) is 3.87. The average molecular weight is 494 g/mol. The number of carbonyl (C=O) groups is 2. The Morgan fingerprint density at radius 2 is 1.89 bits per heavy atom. The summed E-state index contributed by atoms with van der Waals surface area (Å²) in [6.07, 6.45) is 3.29. The minimum Gasteiger partial charge on any atom is -0.462 e. The van der Waals surface area contributed by atoms with Gasteiger partial charge in [-0.3, -0.25) is 4.79 Å². The van der Waals surface area contributed by atoms with E-state index in [1.807, 2.05) is 76.3 Å².